The van der Waals surface area contributed by atoms with Crippen molar-refractivity contribution in [2.75, 3.05) is 0 Å². The van der Waals surface area contributed by atoms with Gasteiger partial charge in [-0.3, -0.25) is 4.98 Å². The number of halogens is 2. The van der Waals surface area contributed by atoms with Crippen LogP contribution in [0.2, 0.25) is 0 Å². The van der Waals surface area contributed by atoms with Crippen LogP contribution in [0.5, 0.6) is 0 Å². The Morgan fingerprint density at radius 1 is 1.14 bits per heavy atom. The normalized spacial score (nSPS) is 12.5. The Balaban J connectivity index is 1.94. The number of nitrogens with two attached hydrogens (primary N) is 1. The van der Waals surface area contributed by atoms with E-state index in [0.717, 1.165) is 16.5 Å². The molecule has 1 heterocycles. The molecule has 0 saturated carbocycles. The summed E-state index contributed by atoms with van der Waals surface area (Å²) in [6.07, 6.45) is 2.34. The number of hydrogen-bond acceptors (Lipinski definition) is 2. The van der Waals surface area contributed by atoms with Crippen LogP contribution in [-0.4, -0.2) is 4.98 Å². The molecule has 21 heavy (non-hydrogen) atoms. The lowest BCUT2D eigenvalue weighted by molar-refractivity contribution is 0.580. The van der Waals surface area contributed by atoms with Gasteiger partial charge >= 0.3 is 0 Å². The lowest BCUT2D eigenvalue weighted by Gasteiger charge is -2.14. The van der Waals surface area contributed by atoms with Crippen LogP contribution >= 0.6 is 15.9 Å². The minimum atomic E-state index is -0.385. The maximum atomic E-state index is 14.0. The van der Waals surface area contributed by atoms with E-state index in [0.29, 0.717) is 16.5 Å². The lowest BCUT2D eigenvalue weighted by Crippen LogP contribution is -2.15. The van der Waals surface area contributed by atoms with Crippen molar-refractivity contribution in [2.24, 2.45) is 5.73 Å². The molecule has 0 bridgehead atoms. The number of nitrogens with zero attached hydrogens (tertiary/aromatic N) is 1. The molecular formula is C17H14BrFN2. The highest BCUT2D eigenvalue weighted by atomic mass is 79.9. The molecule has 0 aliphatic heterocycles. The van der Waals surface area contributed by atoms with Gasteiger partial charge in [-0.15, -0.1) is 0 Å². The summed E-state index contributed by atoms with van der Waals surface area (Å²) in [4.78, 5) is 4.33. The molecule has 4 heteroatoms. The molecule has 3 rings (SSSR count). The SMILES string of the molecule is NC(Cc1ccnc2ccccc12)c1ccc(Br)cc1F. The zero-order valence-electron chi connectivity index (χ0n) is 11.3. The summed E-state index contributed by atoms with van der Waals surface area (Å²) < 4.78 is 14.7. The highest BCUT2D eigenvalue weighted by Gasteiger charge is 2.14. The van der Waals surface area contributed by atoms with Crippen molar-refractivity contribution in [3.05, 3.63) is 76.1 Å². The minimum Gasteiger partial charge on any atom is -0.324 e. The summed E-state index contributed by atoms with van der Waals surface area (Å²) in [7, 11) is 0. The maximum Gasteiger partial charge on any atom is 0.129 e. The third-order valence-electron chi connectivity index (χ3n) is 3.54. The van der Waals surface area contributed by atoms with Crippen molar-refractivity contribution in [1.82, 2.24) is 4.98 Å². The molecule has 1 aromatic heterocycles. The van der Waals surface area contributed by atoms with Crippen LogP contribution in [0.1, 0.15) is 17.2 Å². The largest absolute Gasteiger partial charge is 0.324 e. The number of pyridine rings is 1. The van der Waals surface area contributed by atoms with Crippen molar-refractivity contribution < 1.29 is 4.39 Å². The van der Waals surface area contributed by atoms with E-state index in [1.807, 2.05) is 36.4 Å². The van der Waals surface area contributed by atoms with E-state index >= 15 is 0 Å². The molecule has 106 valence electrons. The summed E-state index contributed by atoms with van der Waals surface area (Å²) in [5.41, 5.74) is 8.73. The summed E-state index contributed by atoms with van der Waals surface area (Å²) in [6.45, 7) is 0. The van der Waals surface area contributed by atoms with E-state index in [1.165, 1.54) is 6.07 Å². The molecular weight excluding hydrogens is 331 g/mol. The van der Waals surface area contributed by atoms with Gasteiger partial charge in [0.25, 0.3) is 0 Å². The molecule has 2 N–H and O–H groups in total. The molecule has 0 saturated heterocycles. The third-order valence-corrected chi connectivity index (χ3v) is 4.03. The van der Waals surface area contributed by atoms with Crippen LogP contribution in [0, 0.1) is 5.82 Å². The van der Waals surface area contributed by atoms with Crippen molar-refractivity contribution >= 4 is 26.8 Å². The number of fused-ring (bicyclic) bond motifs is 1. The number of hydrogen-bond donors (Lipinski definition) is 1. The topological polar surface area (TPSA) is 38.9 Å². The van der Waals surface area contributed by atoms with Gasteiger partial charge in [0.15, 0.2) is 0 Å². The average Bonchev–Trinajstić information content (AvgIpc) is 2.47. The maximum absolute atomic E-state index is 14.0. The van der Waals surface area contributed by atoms with Crippen LogP contribution in [0.15, 0.2) is 59.2 Å². The lowest BCUT2D eigenvalue weighted by atomic mass is 9.97. The molecule has 2 nitrogen and oxygen atoms in total. The molecule has 3 aromatic rings. The first kappa shape index (κ1) is 14.2. The number of rotatable bonds is 3. The molecule has 0 fully saturated rings. The van der Waals surface area contributed by atoms with Crippen LogP contribution in [0.3, 0.4) is 0 Å². The Bertz CT molecular complexity index is 783. The van der Waals surface area contributed by atoms with E-state index < -0.39 is 0 Å². The van der Waals surface area contributed by atoms with Gasteiger partial charge in [0.1, 0.15) is 5.82 Å². The van der Waals surface area contributed by atoms with Crippen LogP contribution in [0.25, 0.3) is 10.9 Å². The van der Waals surface area contributed by atoms with Crippen LogP contribution in [-0.2, 0) is 6.42 Å². The van der Waals surface area contributed by atoms with Gasteiger partial charge in [0, 0.05) is 27.7 Å². The standard InChI is InChI=1S/C17H14BrFN2/c18-12-5-6-14(15(19)10-12)16(20)9-11-7-8-21-17-4-2-1-3-13(11)17/h1-8,10,16H,9,20H2. The average molecular weight is 345 g/mol. The Labute approximate surface area is 130 Å². The monoisotopic (exact) mass is 344 g/mol. The third kappa shape index (κ3) is 2.96. The number of aromatic nitrogens is 1. The summed E-state index contributed by atoms with van der Waals surface area (Å²) in [6, 6.07) is 14.4. The summed E-state index contributed by atoms with van der Waals surface area (Å²) in [5, 5.41) is 1.06. The Morgan fingerprint density at radius 3 is 2.76 bits per heavy atom. The second kappa shape index (κ2) is 5.92. The zero-order valence-corrected chi connectivity index (χ0v) is 12.8. The van der Waals surface area contributed by atoms with E-state index in [2.05, 4.69) is 20.9 Å². The van der Waals surface area contributed by atoms with Gasteiger partial charge in [0.05, 0.1) is 5.52 Å². The van der Waals surface area contributed by atoms with E-state index in [4.69, 9.17) is 5.73 Å². The molecule has 0 spiro atoms. The molecule has 1 atom stereocenters. The molecule has 1 unspecified atom stereocenters. The highest BCUT2D eigenvalue weighted by Crippen LogP contribution is 2.25. The van der Waals surface area contributed by atoms with Crippen molar-refractivity contribution in [3.8, 4) is 0 Å². The fourth-order valence-corrected chi connectivity index (χ4v) is 2.82. The quantitative estimate of drug-likeness (QED) is 0.765. The smallest absolute Gasteiger partial charge is 0.129 e. The van der Waals surface area contributed by atoms with Crippen LogP contribution < -0.4 is 5.73 Å². The Morgan fingerprint density at radius 2 is 1.95 bits per heavy atom. The van der Waals surface area contributed by atoms with E-state index in [9.17, 15) is 4.39 Å². The summed E-state index contributed by atoms with van der Waals surface area (Å²) >= 11 is 3.26. The first-order valence-corrected chi connectivity index (χ1v) is 7.47. The highest BCUT2D eigenvalue weighted by molar-refractivity contribution is 9.10. The molecule has 0 radical (unpaired) electrons. The van der Waals surface area contributed by atoms with Gasteiger partial charge in [-0.2, -0.15) is 0 Å². The molecule has 2 aromatic carbocycles. The molecule has 0 aliphatic rings. The number of para-hydroxylation sites is 1. The minimum absolute atomic E-state index is 0.282. The fraction of sp³-hybridized carbons (Fsp3) is 0.118. The van der Waals surface area contributed by atoms with E-state index in [1.54, 1.807) is 12.3 Å². The Kier molecular flexibility index (Phi) is 3.99. The van der Waals surface area contributed by atoms with Crippen molar-refractivity contribution in [3.63, 3.8) is 0 Å². The van der Waals surface area contributed by atoms with Gasteiger partial charge in [-0.05, 0) is 36.2 Å². The fourth-order valence-electron chi connectivity index (χ4n) is 2.48. The Hall–Kier alpha value is -1.78. The predicted octanol–water partition coefficient (Wildman–Crippen LogP) is 4.38. The first-order chi connectivity index (χ1) is 10.1. The second-order valence-corrected chi connectivity index (χ2v) is 5.88. The van der Waals surface area contributed by atoms with Crippen molar-refractivity contribution in [2.45, 2.75) is 12.5 Å². The first-order valence-electron chi connectivity index (χ1n) is 6.68. The van der Waals surface area contributed by atoms with Gasteiger partial charge in [0.2, 0.25) is 0 Å². The van der Waals surface area contributed by atoms with Gasteiger partial charge < -0.3 is 5.73 Å². The molecule has 0 aliphatic carbocycles. The van der Waals surface area contributed by atoms with E-state index in [-0.39, 0.29) is 11.9 Å². The molecule has 0 amide bonds. The van der Waals surface area contributed by atoms with Crippen molar-refractivity contribution in [1.29, 1.82) is 0 Å². The van der Waals surface area contributed by atoms with Gasteiger partial charge in [-0.1, -0.05) is 40.2 Å². The second-order valence-electron chi connectivity index (χ2n) is 4.96. The predicted molar refractivity (Wildman–Crippen MR) is 86.5 cm³/mol. The van der Waals surface area contributed by atoms with Crippen LogP contribution in [0.4, 0.5) is 4.39 Å². The summed E-state index contributed by atoms with van der Waals surface area (Å²) in [5.74, 6) is -0.282. The number of benzene rings is 2. The zero-order chi connectivity index (χ0) is 14.8. The van der Waals surface area contributed by atoms with Gasteiger partial charge in [-0.25, -0.2) is 4.39 Å².